The van der Waals surface area contributed by atoms with Gasteiger partial charge < -0.3 is 10.1 Å². The van der Waals surface area contributed by atoms with Crippen LogP contribution in [0.4, 0.5) is 0 Å². The lowest BCUT2D eigenvalue weighted by molar-refractivity contribution is 0.1000. The minimum Gasteiger partial charge on any atom is -0.381 e. The third kappa shape index (κ3) is 3.46. The fraction of sp³-hybridized carbons (Fsp3) is 0.643. The van der Waals surface area contributed by atoms with Crippen molar-refractivity contribution < 1.29 is 4.74 Å². The molecule has 1 aliphatic heterocycles. The maximum atomic E-state index is 5.41. The number of hydrogen-bond acceptors (Lipinski definition) is 4. The Hall–Kier alpha value is -0.580. The molecule has 1 aromatic rings. The molecule has 0 bridgehead atoms. The highest BCUT2D eigenvalue weighted by molar-refractivity contribution is 7.99. The van der Waals surface area contributed by atoms with Gasteiger partial charge in [-0.25, -0.2) is 4.98 Å². The van der Waals surface area contributed by atoms with Gasteiger partial charge in [-0.2, -0.15) is 0 Å². The van der Waals surface area contributed by atoms with E-state index >= 15 is 0 Å². The highest BCUT2D eigenvalue weighted by Gasteiger charge is 2.21. The molecule has 2 fully saturated rings. The second-order valence-corrected chi connectivity index (χ2v) is 6.34. The lowest BCUT2D eigenvalue weighted by Crippen LogP contribution is -2.19. The van der Waals surface area contributed by atoms with Crippen LogP contribution in [0.5, 0.6) is 0 Å². The average molecular weight is 264 g/mol. The smallest absolute Gasteiger partial charge is 0.101 e. The molecule has 1 N–H and O–H groups in total. The minimum absolute atomic E-state index is 0.674. The number of hydrogen-bond donors (Lipinski definition) is 1. The van der Waals surface area contributed by atoms with Crippen molar-refractivity contribution in [1.29, 1.82) is 0 Å². The Morgan fingerprint density at radius 3 is 2.89 bits per heavy atom. The molecule has 3 nitrogen and oxygen atoms in total. The van der Waals surface area contributed by atoms with Gasteiger partial charge in [-0.3, -0.25) is 0 Å². The van der Waals surface area contributed by atoms with Crippen molar-refractivity contribution in [3.05, 3.63) is 23.9 Å². The third-order valence-corrected chi connectivity index (χ3v) is 4.85. The van der Waals surface area contributed by atoms with Crippen molar-refractivity contribution in [3.63, 3.8) is 0 Å². The summed E-state index contributed by atoms with van der Waals surface area (Å²) in [6, 6.07) is 4.99. The summed E-state index contributed by atoms with van der Waals surface area (Å²) in [5.74, 6) is 0. The number of ether oxygens (including phenoxy) is 1. The predicted molar refractivity (Wildman–Crippen MR) is 73.8 cm³/mol. The predicted octanol–water partition coefficient (Wildman–Crippen LogP) is 2.60. The summed E-state index contributed by atoms with van der Waals surface area (Å²) in [5, 5.41) is 5.45. The van der Waals surface area contributed by atoms with Crippen molar-refractivity contribution in [1.82, 2.24) is 10.3 Å². The minimum atomic E-state index is 0.674. The Morgan fingerprint density at radius 2 is 2.11 bits per heavy atom. The molecule has 2 aliphatic rings. The van der Waals surface area contributed by atoms with Gasteiger partial charge in [-0.15, -0.1) is 11.8 Å². The zero-order chi connectivity index (χ0) is 12.2. The van der Waals surface area contributed by atoms with Gasteiger partial charge in [0.25, 0.3) is 0 Å². The van der Waals surface area contributed by atoms with E-state index in [0.717, 1.165) is 38.6 Å². The van der Waals surface area contributed by atoms with Crippen molar-refractivity contribution in [2.45, 2.75) is 48.5 Å². The zero-order valence-corrected chi connectivity index (χ0v) is 11.4. The molecule has 3 rings (SSSR count). The molecule has 0 aromatic carbocycles. The van der Waals surface area contributed by atoms with Crippen LogP contribution in [0.3, 0.4) is 0 Å². The summed E-state index contributed by atoms with van der Waals surface area (Å²) in [6.45, 7) is 2.77. The summed E-state index contributed by atoms with van der Waals surface area (Å²) >= 11 is 1.93. The summed E-state index contributed by atoms with van der Waals surface area (Å²) in [4.78, 5) is 4.55. The van der Waals surface area contributed by atoms with Gasteiger partial charge in [-0.1, -0.05) is 6.07 Å². The van der Waals surface area contributed by atoms with Crippen molar-refractivity contribution in [2.75, 3.05) is 13.2 Å². The molecule has 1 aliphatic carbocycles. The van der Waals surface area contributed by atoms with E-state index in [9.17, 15) is 0 Å². The van der Waals surface area contributed by atoms with Gasteiger partial charge >= 0.3 is 0 Å². The van der Waals surface area contributed by atoms with E-state index < -0.39 is 0 Å². The summed E-state index contributed by atoms with van der Waals surface area (Å²) in [5.41, 5.74) is 1.35. The molecule has 1 aromatic heterocycles. The molecule has 0 radical (unpaired) electrons. The van der Waals surface area contributed by atoms with Crippen LogP contribution in [0, 0.1) is 0 Å². The molecular weight excluding hydrogens is 244 g/mol. The number of pyridine rings is 1. The maximum Gasteiger partial charge on any atom is 0.101 e. The molecule has 0 spiro atoms. The fourth-order valence-electron chi connectivity index (χ4n) is 2.16. The van der Waals surface area contributed by atoms with E-state index in [1.54, 1.807) is 0 Å². The zero-order valence-electron chi connectivity index (χ0n) is 10.6. The molecule has 0 amide bonds. The maximum absolute atomic E-state index is 5.41. The first-order valence-corrected chi connectivity index (χ1v) is 7.71. The molecular formula is C14H20N2OS. The van der Waals surface area contributed by atoms with Crippen molar-refractivity contribution in [3.8, 4) is 0 Å². The standard InChI is InChI=1S/C14H20N2OS/c1-2-11(10-16-12-3-4-12)14(15-7-1)18-13-5-8-17-9-6-13/h1-2,7,12-13,16H,3-6,8-10H2. The van der Waals surface area contributed by atoms with Crippen LogP contribution in [0.2, 0.25) is 0 Å². The summed E-state index contributed by atoms with van der Waals surface area (Å²) in [6.07, 6.45) is 6.88. The highest BCUT2D eigenvalue weighted by Crippen LogP contribution is 2.30. The lowest BCUT2D eigenvalue weighted by atomic mass is 10.2. The summed E-state index contributed by atoms with van der Waals surface area (Å²) in [7, 11) is 0. The second-order valence-electron chi connectivity index (χ2n) is 5.05. The second kappa shape index (κ2) is 6.04. The van der Waals surface area contributed by atoms with Gasteiger partial charge in [0.1, 0.15) is 5.03 Å². The van der Waals surface area contributed by atoms with Crippen LogP contribution < -0.4 is 5.32 Å². The molecule has 98 valence electrons. The first-order valence-electron chi connectivity index (χ1n) is 6.83. The number of aromatic nitrogens is 1. The van der Waals surface area contributed by atoms with Crippen LogP contribution in [0.1, 0.15) is 31.2 Å². The first kappa shape index (κ1) is 12.5. The monoisotopic (exact) mass is 264 g/mol. The molecule has 1 saturated carbocycles. The normalized spacial score (nSPS) is 21.1. The average Bonchev–Trinajstić information content (AvgIpc) is 3.23. The van der Waals surface area contributed by atoms with E-state index in [4.69, 9.17) is 4.74 Å². The van der Waals surface area contributed by atoms with Crippen LogP contribution in [-0.2, 0) is 11.3 Å². The SMILES string of the molecule is c1cnc(SC2CCOCC2)c(CNC2CC2)c1. The van der Waals surface area contributed by atoms with E-state index in [-0.39, 0.29) is 0 Å². The van der Waals surface area contributed by atoms with E-state index in [1.165, 1.54) is 23.4 Å². The largest absolute Gasteiger partial charge is 0.381 e. The number of nitrogens with one attached hydrogen (secondary N) is 1. The van der Waals surface area contributed by atoms with Crippen LogP contribution in [-0.4, -0.2) is 29.5 Å². The van der Waals surface area contributed by atoms with Gasteiger partial charge in [0.15, 0.2) is 0 Å². The Morgan fingerprint density at radius 1 is 1.28 bits per heavy atom. The topological polar surface area (TPSA) is 34.1 Å². The molecule has 4 heteroatoms. The highest BCUT2D eigenvalue weighted by atomic mass is 32.2. The molecule has 0 unspecified atom stereocenters. The number of thioether (sulfide) groups is 1. The quantitative estimate of drug-likeness (QED) is 0.886. The fourth-order valence-corrected chi connectivity index (χ4v) is 3.32. The van der Waals surface area contributed by atoms with Gasteiger partial charge in [0.2, 0.25) is 0 Å². The van der Waals surface area contributed by atoms with Gasteiger partial charge in [-0.05, 0) is 37.3 Å². The first-order chi connectivity index (χ1) is 8.92. The van der Waals surface area contributed by atoms with Crippen LogP contribution in [0.15, 0.2) is 23.4 Å². The molecule has 0 atom stereocenters. The van der Waals surface area contributed by atoms with E-state index in [2.05, 4.69) is 16.4 Å². The Labute approximate surface area is 113 Å². The Kier molecular flexibility index (Phi) is 4.18. The van der Waals surface area contributed by atoms with Crippen LogP contribution >= 0.6 is 11.8 Å². The summed E-state index contributed by atoms with van der Waals surface area (Å²) < 4.78 is 5.41. The Bertz CT molecular complexity index is 389. The third-order valence-electron chi connectivity index (χ3n) is 3.46. The lowest BCUT2D eigenvalue weighted by Gasteiger charge is -2.22. The molecule has 2 heterocycles. The van der Waals surface area contributed by atoms with Crippen molar-refractivity contribution in [2.24, 2.45) is 0 Å². The number of rotatable bonds is 5. The molecule has 1 saturated heterocycles. The molecule has 18 heavy (non-hydrogen) atoms. The number of nitrogens with zero attached hydrogens (tertiary/aromatic N) is 1. The van der Waals surface area contributed by atoms with E-state index in [0.29, 0.717) is 5.25 Å². The Balaban J connectivity index is 1.61. The van der Waals surface area contributed by atoms with Crippen molar-refractivity contribution >= 4 is 11.8 Å². The van der Waals surface area contributed by atoms with Gasteiger partial charge in [0, 0.05) is 37.2 Å². The van der Waals surface area contributed by atoms with Crippen LogP contribution in [0.25, 0.3) is 0 Å². The van der Waals surface area contributed by atoms with E-state index in [1.807, 2.05) is 24.0 Å². The van der Waals surface area contributed by atoms with Gasteiger partial charge in [0.05, 0.1) is 0 Å².